The van der Waals surface area contributed by atoms with Crippen LogP contribution in [0.4, 0.5) is 45.6 Å². The maximum absolute atomic E-state index is 15.0. The third kappa shape index (κ3) is 13.4. The third-order valence-electron chi connectivity index (χ3n) is 8.15. The molecule has 2 amide bonds. The number of halogens is 8. The highest BCUT2D eigenvalue weighted by Crippen LogP contribution is 2.34. The number of aromatic nitrogens is 1. The maximum Gasteiger partial charge on any atom is 0.416 e. The number of benzene rings is 1. The summed E-state index contributed by atoms with van der Waals surface area (Å²) < 4.78 is 117. The summed E-state index contributed by atoms with van der Waals surface area (Å²) >= 11 is 0. The Labute approximate surface area is 290 Å². The van der Waals surface area contributed by atoms with Gasteiger partial charge in [0.05, 0.1) is 42.4 Å². The molecule has 3 unspecified atom stereocenters. The van der Waals surface area contributed by atoms with Gasteiger partial charge in [0.2, 0.25) is 5.91 Å². The Hall–Kier alpha value is -4.31. The van der Waals surface area contributed by atoms with Crippen LogP contribution >= 0.6 is 0 Å². The number of alkyl carbamates (subject to hydrolysis) is 1. The summed E-state index contributed by atoms with van der Waals surface area (Å²) in [6.45, 7) is 3.16. The molecule has 0 radical (unpaired) electrons. The molecule has 1 aliphatic heterocycles. The van der Waals surface area contributed by atoms with E-state index >= 15 is 0 Å². The van der Waals surface area contributed by atoms with E-state index in [0.717, 1.165) is 12.3 Å². The molecule has 2 aromatic rings. The van der Waals surface area contributed by atoms with Gasteiger partial charge in [0.1, 0.15) is 24.8 Å². The number of carbonyl (C=O) groups excluding carboxylic acids is 2. The van der Waals surface area contributed by atoms with Crippen LogP contribution in [0.15, 0.2) is 71.6 Å². The predicted octanol–water partition coefficient (Wildman–Crippen LogP) is 7.84. The molecule has 3 N–H and O–H groups in total. The summed E-state index contributed by atoms with van der Waals surface area (Å²) in [6, 6.07) is 4.76. The Balaban J connectivity index is 1.68. The zero-order valence-corrected chi connectivity index (χ0v) is 28.2. The largest absolute Gasteiger partial charge is 0.448 e. The number of hydrogen-bond acceptors (Lipinski definition) is 6. The summed E-state index contributed by atoms with van der Waals surface area (Å²) in [7, 11) is 0. The minimum Gasteiger partial charge on any atom is -0.448 e. The molecular formula is C35H40F8N4O4. The van der Waals surface area contributed by atoms with Crippen LogP contribution in [0.3, 0.4) is 0 Å². The number of pyridine rings is 1. The van der Waals surface area contributed by atoms with E-state index in [1.165, 1.54) is 43.5 Å². The van der Waals surface area contributed by atoms with Gasteiger partial charge < -0.3 is 25.4 Å². The minimum absolute atomic E-state index is 0.0599. The Morgan fingerprint density at radius 1 is 1.10 bits per heavy atom. The molecule has 1 fully saturated rings. The zero-order chi connectivity index (χ0) is 37.8. The molecule has 16 heteroatoms. The second kappa shape index (κ2) is 18.8. The van der Waals surface area contributed by atoms with E-state index in [-0.39, 0.29) is 62.3 Å². The van der Waals surface area contributed by atoms with E-state index < -0.39 is 66.2 Å². The number of anilines is 1. The lowest BCUT2D eigenvalue weighted by Gasteiger charge is -2.30. The van der Waals surface area contributed by atoms with E-state index in [0.29, 0.717) is 11.1 Å². The zero-order valence-electron chi connectivity index (χ0n) is 28.2. The first-order chi connectivity index (χ1) is 24.0. The van der Waals surface area contributed by atoms with Crippen LogP contribution in [-0.4, -0.2) is 67.8 Å². The highest BCUT2D eigenvalue weighted by Gasteiger charge is 2.33. The second-order valence-corrected chi connectivity index (χ2v) is 11.8. The second-order valence-electron chi connectivity index (χ2n) is 11.8. The summed E-state index contributed by atoms with van der Waals surface area (Å²) in [5.74, 6) is -2.62. The van der Waals surface area contributed by atoms with E-state index in [4.69, 9.17) is 9.47 Å². The van der Waals surface area contributed by atoms with Crippen LogP contribution in [0, 0.1) is 11.6 Å². The van der Waals surface area contributed by atoms with E-state index in [1.54, 1.807) is 25.2 Å². The highest BCUT2D eigenvalue weighted by molar-refractivity contribution is 5.92. The van der Waals surface area contributed by atoms with Crippen molar-refractivity contribution >= 4 is 17.7 Å². The van der Waals surface area contributed by atoms with Crippen molar-refractivity contribution in [2.24, 2.45) is 0 Å². The van der Waals surface area contributed by atoms with Crippen molar-refractivity contribution in [1.29, 1.82) is 0 Å². The van der Waals surface area contributed by atoms with Crippen LogP contribution in [-0.2, 0) is 20.7 Å². The Morgan fingerprint density at radius 3 is 2.39 bits per heavy atom. The highest BCUT2D eigenvalue weighted by atomic mass is 19.4. The number of carbonyl (C=O) groups is 2. The van der Waals surface area contributed by atoms with Crippen molar-refractivity contribution in [3.63, 3.8) is 0 Å². The topological polar surface area (TPSA) is 102 Å². The third-order valence-corrected chi connectivity index (χ3v) is 8.15. The van der Waals surface area contributed by atoms with Crippen molar-refractivity contribution in [2.45, 2.75) is 76.9 Å². The Kier molecular flexibility index (Phi) is 15.1. The summed E-state index contributed by atoms with van der Waals surface area (Å²) in [6.07, 6.45) is -4.47. The van der Waals surface area contributed by atoms with Gasteiger partial charge in [-0.15, -0.1) is 0 Å². The van der Waals surface area contributed by atoms with E-state index in [2.05, 4.69) is 15.6 Å². The van der Waals surface area contributed by atoms with Gasteiger partial charge in [-0.2, -0.15) is 26.3 Å². The molecule has 0 saturated carbocycles. The maximum atomic E-state index is 15.0. The smallest absolute Gasteiger partial charge is 0.416 e. The quantitative estimate of drug-likeness (QED) is 0.135. The molecule has 0 bridgehead atoms. The van der Waals surface area contributed by atoms with Crippen LogP contribution in [0.25, 0.3) is 0 Å². The van der Waals surface area contributed by atoms with Crippen LogP contribution in [0.2, 0.25) is 0 Å². The van der Waals surface area contributed by atoms with Gasteiger partial charge in [0.25, 0.3) is 0 Å². The lowest BCUT2D eigenvalue weighted by molar-refractivity contribution is -0.124. The van der Waals surface area contributed by atoms with Crippen LogP contribution in [0.1, 0.15) is 57.1 Å². The van der Waals surface area contributed by atoms with Crippen molar-refractivity contribution in [3.05, 3.63) is 94.4 Å². The van der Waals surface area contributed by atoms with Crippen molar-refractivity contribution < 1.29 is 54.2 Å². The van der Waals surface area contributed by atoms with Gasteiger partial charge in [0.15, 0.2) is 0 Å². The molecule has 1 aliphatic rings. The standard InChI is InChI=1S/C35H40F8N4O4/c1-4-21(3)29(35(41,42)43)13-8-22(5-2)28(23-6-9-24(36)10-7-23)14-32(48)47-31-17-44-16-30(37)27(31)12-11-26-15-45-25(18-50-26)19-51-33(49)46-20-34(38,39)40/h5-10,13,16-17,25-26,28,45H,4,11-12,14-15,18-20H2,1-3H3,(H,46,49)(H,47,48). The average molecular weight is 733 g/mol. The van der Waals surface area contributed by atoms with Crippen LogP contribution < -0.4 is 16.0 Å². The molecule has 51 heavy (non-hydrogen) atoms. The molecule has 3 atom stereocenters. The first-order valence-electron chi connectivity index (χ1n) is 16.1. The first kappa shape index (κ1) is 41.1. The monoisotopic (exact) mass is 732 g/mol. The molecule has 3 rings (SSSR count). The van der Waals surface area contributed by atoms with Crippen LogP contribution in [0.5, 0.6) is 0 Å². The normalized spacial score (nSPS) is 18.3. The van der Waals surface area contributed by atoms with Gasteiger partial charge >= 0.3 is 18.4 Å². The summed E-state index contributed by atoms with van der Waals surface area (Å²) in [5.41, 5.74) is 0.374. The van der Waals surface area contributed by atoms with Gasteiger partial charge in [0, 0.05) is 24.4 Å². The van der Waals surface area contributed by atoms with Crippen molar-refractivity contribution in [1.82, 2.24) is 15.6 Å². The molecule has 1 aromatic heterocycles. The van der Waals surface area contributed by atoms with Gasteiger partial charge in [-0.1, -0.05) is 36.8 Å². The summed E-state index contributed by atoms with van der Waals surface area (Å²) in [5, 5.41) is 7.32. The van der Waals surface area contributed by atoms with Gasteiger partial charge in [-0.05, 0) is 62.5 Å². The average Bonchev–Trinajstić information content (AvgIpc) is 3.07. The first-order valence-corrected chi connectivity index (χ1v) is 16.1. The molecule has 2 heterocycles. The minimum atomic E-state index is -4.60. The fraction of sp³-hybridized carbons (Fsp3) is 0.457. The predicted molar refractivity (Wildman–Crippen MR) is 174 cm³/mol. The molecule has 1 saturated heterocycles. The molecule has 0 aliphatic carbocycles. The molecule has 1 aromatic carbocycles. The SMILES string of the molecule is CC=C(C=CC(=C(C)CC)C(F)(F)F)C(CC(=O)Nc1cncc(F)c1CCC1CNC(COC(=O)NCC(F)(F)F)CO1)c1ccc(F)cc1. The number of allylic oxidation sites excluding steroid dienone is 6. The molecular weight excluding hydrogens is 692 g/mol. The summed E-state index contributed by atoms with van der Waals surface area (Å²) in [4.78, 5) is 28.8. The van der Waals surface area contributed by atoms with Crippen molar-refractivity contribution in [3.8, 4) is 0 Å². The van der Waals surface area contributed by atoms with Gasteiger partial charge in [-0.25, -0.2) is 13.6 Å². The number of nitrogens with zero attached hydrogens (tertiary/aromatic N) is 1. The number of amides is 2. The number of ether oxygens (including phenoxy) is 2. The van der Waals surface area contributed by atoms with Crippen molar-refractivity contribution in [2.75, 3.05) is 31.6 Å². The Bertz CT molecular complexity index is 1560. The van der Waals surface area contributed by atoms with E-state index in [9.17, 15) is 44.7 Å². The molecule has 280 valence electrons. The number of alkyl halides is 6. The molecule has 8 nitrogen and oxygen atoms in total. The lowest BCUT2D eigenvalue weighted by Crippen LogP contribution is -2.49. The lowest BCUT2D eigenvalue weighted by atomic mass is 9.86. The molecule has 0 spiro atoms. The number of rotatable bonds is 14. The number of hydrogen-bond donors (Lipinski definition) is 3. The van der Waals surface area contributed by atoms with E-state index in [1.807, 2.05) is 0 Å². The number of morpholine rings is 1. The number of nitrogens with one attached hydrogen (secondary N) is 3. The Morgan fingerprint density at radius 2 is 1.80 bits per heavy atom. The fourth-order valence-corrected chi connectivity index (χ4v) is 5.26. The van der Waals surface area contributed by atoms with Gasteiger partial charge in [-0.3, -0.25) is 9.78 Å². The fourth-order valence-electron chi connectivity index (χ4n) is 5.26.